The Morgan fingerprint density at radius 2 is 1.71 bits per heavy atom. The largest absolute Gasteiger partial charge is 0.113 e. The Hall–Kier alpha value is -0.715. The Kier molecular flexibility index (Phi) is 5.81. The lowest BCUT2D eigenvalue weighted by Crippen LogP contribution is -2.11. The molecule has 0 heterocycles. The molecular formula is C16H25B. The molecule has 1 atom stereocenters. The summed E-state index contributed by atoms with van der Waals surface area (Å²) in [5.74, 6) is 0.811. The van der Waals surface area contributed by atoms with Gasteiger partial charge in [-0.1, -0.05) is 51.7 Å². The molecule has 1 heteroatoms. The monoisotopic (exact) mass is 228 g/mol. The third-order valence-corrected chi connectivity index (χ3v) is 3.79. The van der Waals surface area contributed by atoms with Crippen LogP contribution in [0.15, 0.2) is 12.1 Å². The van der Waals surface area contributed by atoms with Crippen LogP contribution in [-0.2, 0) is 19.3 Å². The minimum Gasteiger partial charge on any atom is -0.0961 e. The quantitative estimate of drug-likeness (QED) is 0.653. The summed E-state index contributed by atoms with van der Waals surface area (Å²) in [5, 5.41) is 0. The van der Waals surface area contributed by atoms with Gasteiger partial charge >= 0.3 is 0 Å². The van der Waals surface area contributed by atoms with Crippen LogP contribution in [0.5, 0.6) is 0 Å². The fraction of sp³-hybridized carbons (Fsp3) is 0.625. The van der Waals surface area contributed by atoms with Crippen LogP contribution in [-0.4, -0.2) is 7.85 Å². The molecule has 1 aromatic rings. The topological polar surface area (TPSA) is 0 Å². The van der Waals surface area contributed by atoms with Gasteiger partial charge < -0.3 is 0 Å². The maximum atomic E-state index is 6.00. The first-order chi connectivity index (χ1) is 8.12. The van der Waals surface area contributed by atoms with Crippen molar-refractivity contribution in [1.29, 1.82) is 0 Å². The van der Waals surface area contributed by atoms with Crippen LogP contribution in [0.25, 0.3) is 0 Å². The van der Waals surface area contributed by atoms with Crippen molar-refractivity contribution < 1.29 is 0 Å². The number of hydrogen-bond donors (Lipinski definition) is 0. The zero-order chi connectivity index (χ0) is 12.8. The molecule has 0 spiro atoms. The van der Waals surface area contributed by atoms with Crippen LogP contribution in [0, 0.1) is 5.92 Å². The summed E-state index contributed by atoms with van der Waals surface area (Å²) in [5.41, 5.74) is 5.37. The molecule has 0 aliphatic rings. The molecule has 17 heavy (non-hydrogen) atoms. The van der Waals surface area contributed by atoms with E-state index in [1.165, 1.54) is 36.0 Å². The van der Waals surface area contributed by atoms with E-state index >= 15 is 0 Å². The maximum absolute atomic E-state index is 6.00. The average molecular weight is 228 g/mol. The molecule has 0 aliphatic heterocycles. The van der Waals surface area contributed by atoms with Gasteiger partial charge in [0, 0.05) is 0 Å². The highest BCUT2D eigenvalue weighted by atomic mass is 14.1. The third-order valence-electron chi connectivity index (χ3n) is 3.79. The van der Waals surface area contributed by atoms with E-state index in [-0.39, 0.29) is 0 Å². The lowest BCUT2D eigenvalue weighted by molar-refractivity contribution is 0.515. The Labute approximate surface area is 108 Å². The number of benzene rings is 1. The second kappa shape index (κ2) is 6.88. The maximum Gasteiger partial charge on any atom is 0.113 e. The van der Waals surface area contributed by atoms with Gasteiger partial charge in [-0.15, -0.1) is 0 Å². The van der Waals surface area contributed by atoms with Gasteiger partial charge in [0.25, 0.3) is 0 Å². The first kappa shape index (κ1) is 14.3. The van der Waals surface area contributed by atoms with E-state index in [4.69, 9.17) is 7.85 Å². The van der Waals surface area contributed by atoms with E-state index < -0.39 is 0 Å². The van der Waals surface area contributed by atoms with Crippen LogP contribution in [0.4, 0.5) is 0 Å². The van der Waals surface area contributed by atoms with E-state index in [1.54, 1.807) is 0 Å². The molecule has 1 aromatic carbocycles. The summed E-state index contributed by atoms with van der Waals surface area (Å²) >= 11 is 0. The van der Waals surface area contributed by atoms with Crippen LogP contribution in [0.3, 0.4) is 0 Å². The minimum absolute atomic E-state index is 0.811. The Balaban J connectivity index is 2.92. The van der Waals surface area contributed by atoms with Crippen LogP contribution >= 0.6 is 0 Å². The normalized spacial score (nSPS) is 12.7. The van der Waals surface area contributed by atoms with Crippen molar-refractivity contribution in [3.8, 4) is 0 Å². The SMILES string of the molecule is [B]c1cc(CC)c(CC)c(CCC(C)CC)c1. The molecule has 0 saturated carbocycles. The molecule has 0 fully saturated rings. The molecular weight excluding hydrogens is 203 g/mol. The van der Waals surface area contributed by atoms with Crippen LogP contribution in [0.1, 0.15) is 57.2 Å². The van der Waals surface area contributed by atoms with Crippen molar-refractivity contribution in [2.75, 3.05) is 0 Å². The van der Waals surface area contributed by atoms with Gasteiger partial charge in [-0.05, 0) is 48.3 Å². The summed E-state index contributed by atoms with van der Waals surface area (Å²) < 4.78 is 0. The van der Waals surface area contributed by atoms with Gasteiger partial charge in [-0.3, -0.25) is 0 Å². The molecule has 1 unspecified atom stereocenters. The summed E-state index contributed by atoms with van der Waals surface area (Å²) in [7, 11) is 6.00. The van der Waals surface area contributed by atoms with Crippen molar-refractivity contribution in [2.24, 2.45) is 5.92 Å². The Bertz CT molecular complexity index is 355. The highest BCUT2D eigenvalue weighted by molar-refractivity contribution is 6.32. The summed E-state index contributed by atoms with van der Waals surface area (Å²) in [6.45, 7) is 9.06. The molecule has 0 aliphatic carbocycles. The second-order valence-corrected chi connectivity index (χ2v) is 5.08. The van der Waals surface area contributed by atoms with E-state index in [0.29, 0.717) is 0 Å². The number of rotatable bonds is 6. The van der Waals surface area contributed by atoms with Gasteiger partial charge in [-0.25, -0.2) is 0 Å². The fourth-order valence-electron chi connectivity index (χ4n) is 2.42. The third kappa shape index (κ3) is 3.90. The molecule has 2 radical (unpaired) electrons. The fourth-order valence-corrected chi connectivity index (χ4v) is 2.42. The molecule has 0 saturated heterocycles. The van der Waals surface area contributed by atoms with Gasteiger partial charge in [-0.2, -0.15) is 0 Å². The zero-order valence-corrected chi connectivity index (χ0v) is 11.8. The van der Waals surface area contributed by atoms with Gasteiger partial charge in [0.15, 0.2) is 0 Å². The lowest BCUT2D eigenvalue weighted by atomic mass is 9.84. The molecule has 0 bridgehead atoms. The number of aryl methyl sites for hydroxylation is 2. The molecule has 0 nitrogen and oxygen atoms in total. The minimum atomic E-state index is 0.811. The van der Waals surface area contributed by atoms with Crippen molar-refractivity contribution in [1.82, 2.24) is 0 Å². The molecule has 0 amide bonds. The van der Waals surface area contributed by atoms with Crippen molar-refractivity contribution >= 4 is 13.3 Å². The first-order valence-electron chi connectivity index (χ1n) is 7.02. The van der Waals surface area contributed by atoms with Gasteiger partial charge in [0.1, 0.15) is 7.85 Å². The highest BCUT2D eigenvalue weighted by Crippen LogP contribution is 2.19. The second-order valence-electron chi connectivity index (χ2n) is 5.08. The van der Waals surface area contributed by atoms with Gasteiger partial charge in [0.05, 0.1) is 0 Å². The lowest BCUT2D eigenvalue weighted by Gasteiger charge is -2.16. The smallest absolute Gasteiger partial charge is 0.0961 e. The molecule has 92 valence electrons. The first-order valence-corrected chi connectivity index (χ1v) is 7.02. The summed E-state index contributed by atoms with van der Waals surface area (Å²) in [4.78, 5) is 0. The van der Waals surface area contributed by atoms with E-state index in [2.05, 4.69) is 39.8 Å². The van der Waals surface area contributed by atoms with Crippen molar-refractivity contribution in [3.63, 3.8) is 0 Å². The summed E-state index contributed by atoms with van der Waals surface area (Å²) in [6, 6.07) is 4.33. The average Bonchev–Trinajstić information content (AvgIpc) is 2.34. The standard InChI is InChI=1S/C16H25B/c1-5-12(4)8-9-14-11-15(17)10-13(6-2)16(14)7-3/h10-12H,5-9H2,1-4H3. The van der Waals surface area contributed by atoms with E-state index in [0.717, 1.165) is 24.2 Å². The Morgan fingerprint density at radius 1 is 1.06 bits per heavy atom. The predicted octanol–water partition coefficient (Wildman–Crippen LogP) is 3.58. The molecule has 0 N–H and O–H groups in total. The highest BCUT2D eigenvalue weighted by Gasteiger charge is 2.08. The zero-order valence-electron chi connectivity index (χ0n) is 11.8. The van der Waals surface area contributed by atoms with Crippen LogP contribution < -0.4 is 5.46 Å². The summed E-state index contributed by atoms with van der Waals surface area (Å²) in [6.07, 6.45) is 5.93. The molecule has 0 aromatic heterocycles. The van der Waals surface area contributed by atoms with Crippen LogP contribution in [0.2, 0.25) is 0 Å². The number of hydrogen-bond acceptors (Lipinski definition) is 0. The van der Waals surface area contributed by atoms with E-state index in [9.17, 15) is 0 Å². The van der Waals surface area contributed by atoms with Crippen molar-refractivity contribution in [2.45, 2.75) is 59.8 Å². The molecule has 1 rings (SSSR count). The predicted molar refractivity (Wildman–Crippen MR) is 78.4 cm³/mol. The van der Waals surface area contributed by atoms with E-state index in [1.807, 2.05) is 0 Å². The van der Waals surface area contributed by atoms with Gasteiger partial charge in [0.2, 0.25) is 0 Å². The van der Waals surface area contributed by atoms with Crippen molar-refractivity contribution in [3.05, 3.63) is 28.8 Å². The Morgan fingerprint density at radius 3 is 2.24 bits per heavy atom.